The lowest BCUT2D eigenvalue weighted by atomic mass is 10.1. The molecule has 0 saturated carbocycles. The first-order valence-corrected chi connectivity index (χ1v) is 7.60. The number of rotatable bonds is 6. The summed E-state index contributed by atoms with van der Waals surface area (Å²) in [5, 5.41) is 12.5. The second-order valence-electron chi connectivity index (χ2n) is 5.62. The van der Waals surface area contributed by atoms with Gasteiger partial charge in [0, 0.05) is 19.6 Å². The summed E-state index contributed by atoms with van der Waals surface area (Å²) in [6, 6.07) is 4.47. The van der Waals surface area contributed by atoms with Gasteiger partial charge in [-0.1, -0.05) is 12.1 Å². The Labute approximate surface area is 132 Å². The Balaban J connectivity index is 1.79. The van der Waals surface area contributed by atoms with E-state index < -0.39 is 17.8 Å². The topological polar surface area (TPSA) is 58.6 Å². The molecule has 4 nitrogen and oxygen atoms in total. The van der Waals surface area contributed by atoms with Crippen LogP contribution in [0.25, 0.3) is 0 Å². The molecule has 7 heteroatoms. The molecule has 1 aromatic rings. The van der Waals surface area contributed by atoms with Crippen molar-refractivity contribution in [2.45, 2.75) is 44.1 Å². The van der Waals surface area contributed by atoms with Crippen molar-refractivity contribution in [3.8, 4) is 0 Å². The lowest BCUT2D eigenvalue weighted by molar-refractivity contribution is -0.137. The zero-order valence-electron chi connectivity index (χ0n) is 12.6. The Bertz CT molecular complexity index is 528. The molecule has 1 aliphatic rings. The first-order valence-electron chi connectivity index (χ1n) is 7.60. The van der Waals surface area contributed by atoms with Crippen molar-refractivity contribution in [2.75, 3.05) is 13.2 Å². The van der Waals surface area contributed by atoms with Crippen LogP contribution in [-0.4, -0.2) is 30.3 Å². The molecule has 0 aliphatic carbocycles. The number of benzene rings is 1. The third-order valence-electron chi connectivity index (χ3n) is 3.81. The maximum absolute atomic E-state index is 12.6. The molecule has 0 aromatic heterocycles. The Morgan fingerprint density at radius 1 is 1.43 bits per heavy atom. The average Bonchev–Trinajstić information content (AvgIpc) is 3.03. The van der Waals surface area contributed by atoms with Crippen LogP contribution in [0.15, 0.2) is 24.3 Å². The molecule has 23 heavy (non-hydrogen) atoms. The predicted octanol–water partition coefficient (Wildman–Crippen LogP) is 2.81. The van der Waals surface area contributed by atoms with Gasteiger partial charge >= 0.3 is 6.18 Å². The molecule has 1 fully saturated rings. The molecule has 2 atom stereocenters. The van der Waals surface area contributed by atoms with E-state index in [1.54, 1.807) is 0 Å². The van der Waals surface area contributed by atoms with Gasteiger partial charge in [-0.3, -0.25) is 4.79 Å². The van der Waals surface area contributed by atoms with Gasteiger partial charge in [-0.05, 0) is 37.0 Å². The fourth-order valence-electron chi connectivity index (χ4n) is 2.50. The number of carbonyl (C=O) groups is 1. The van der Waals surface area contributed by atoms with Crippen molar-refractivity contribution < 1.29 is 27.8 Å². The van der Waals surface area contributed by atoms with E-state index in [0.717, 1.165) is 31.6 Å². The van der Waals surface area contributed by atoms with Gasteiger partial charge in [0.2, 0.25) is 5.91 Å². The maximum atomic E-state index is 12.6. The first kappa shape index (κ1) is 17.7. The van der Waals surface area contributed by atoms with Crippen LogP contribution in [-0.2, 0) is 15.7 Å². The quantitative estimate of drug-likeness (QED) is 0.843. The van der Waals surface area contributed by atoms with Crippen LogP contribution in [0.3, 0.4) is 0 Å². The minimum atomic E-state index is -4.46. The van der Waals surface area contributed by atoms with Gasteiger partial charge in [0.05, 0.1) is 17.8 Å². The molecular weight excluding hydrogens is 311 g/mol. The van der Waals surface area contributed by atoms with E-state index in [1.165, 1.54) is 12.1 Å². The van der Waals surface area contributed by atoms with Gasteiger partial charge in [0.25, 0.3) is 0 Å². The second kappa shape index (κ2) is 7.79. The fraction of sp³-hybridized carbons (Fsp3) is 0.562. The molecule has 2 unspecified atom stereocenters. The highest BCUT2D eigenvalue weighted by atomic mass is 19.4. The molecule has 1 aliphatic heterocycles. The monoisotopic (exact) mass is 331 g/mol. The number of aliphatic hydroxyl groups is 1. The van der Waals surface area contributed by atoms with E-state index in [0.29, 0.717) is 6.42 Å². The Morgan fingerprint density at radius 2 is 2.22 bits per heavy atom. The number of ether oxygens (including phenoxy) is 1. The molecule has 2 N–H and O–H groups in total. The Morgan fingerprint density at radius 3 is 2.87 bits per heavy atom. The minimum absolute atomic E-state index is 0.106. The van der Waals surface area contributed by atoms with E-state index in [1.807, 2.05) is 0 Å². The number of nitrogens with one attached hydrogen (secondary N) is 1. The summed E-state index contributed by atoms with van der Waals surface area (Å²) in [5.74, 6) is -0.244. The maximum Gasteiger partial charge on any atom is 0.416 e. The van der Waals surface area contributed by atoms with Crippen molar-refractivity contribution in [3.63, 3.8) is 0 Å². The number of hydrogen-bond donors (Lipinski definition) is 2. The van der Waals surface area contributed by atoms with Gasteiger partial charge in [0.1, 0.15) is 0 Å². The molecule has 0 radical (unpaired) electrons. The highest BCUT2D eigenvalue weighted by molar-refractivity contribution is 5.75. The molecule has 1 amide bonds. The van der Waals surface area contributed by atoms with Crippen LogP contribution in [0.2, 0.25) is 0 Å². The number of carbonyl (C=O) groups excluding carboxylic acids is 1. The van der Waals surface area contributed by atoms with E-state index in [9.17, 15) is 23.1 Å². The standard InChI is InChI=1S/C16H20F3NO3/c17-16(18,19)12-4-1-3-11(9-12)14(21)10-20-15(22)7-6-13-5-2-8-23-13/h1,3-4,9,13-14,21H,2,5-8,10H2,(H,20,22). The van der Waals surface area contributed by atoms with Crippen molar-refractivity contribution in [1.82, 2.24) is 5.32 Å². The van der Waals surface area contributed by atoms with Crippen LogP contribution in [0.1, 0.15) is 42.9 Å². The average molecular weight is 331 g/mol. The fourth-order valence-corrected chi connectivity index (χ4v) is 2.50. The van der Waals surface area contributed by atoms with Gasteiger partial charge < -0.3 is 15.2 Å². The molecule has 0 bridgehead atoms. The molecule has 128 valence electrons. The number of hydrogen-bond acceptors (Lipinski definition) is 3. The van der Waals surface area contributed by atoms with Crippen LogP contribution >= 0.6 is 0 Å². The Kier molecular flexibility index (Phi) is 6.01. The van der Waals surface area contributed by atoms with E-state index in [-0.39, 0.29) is 30.5 Å². The van der Waals surface area contributed by atoms with Crippen molar-refractivity contribution in [3.05, 3.63) is 35.4 Å². The number of halogens is 3. The van der Waals surface area contributed by atoms with Crippen LogP contribution < -0.4 is 5.32 Å². The predicted molar refractivity (Wildman–Crippen MR) is 77.6 cm³/mol. The summed E-state index contributed by atoms with van der Waals surface area (Å²) in [7, 11) is 0. The minimum Gasteiger partial charge on any atom is -0.387 e. The van der Waals surface area contributed by atoms with Crippen molar-refractivity contribution in [1.29, 1.82) is 0 Å². The molecule has 0 spiro atoms. The third kappa shape index (κ3) is 5.51. The van der Waals surface area contributed by atoms with Crippen molar-refractivity contribution in [2.24, 2.45) is 0 Å². The third-order valence-corrected chi connectivity index (χ3v) is 3.81. The van der Waals surface area contributed by atoms with Crippen LogP contribution in [0, 0.1) is 0 Å². The molecular formula is C16H20F3NO3. The van der Waals surface area contributed by atoms with Gasteiger partial charge in [-0.15, -0.1) is 0 Å². The van der Waals surface area contributed by atoms with E-state index in [4.69, 9.17) is 4.74 Å². The second-order valence-corrected chi connectivity index (χ2v) is 5.62. The number of alkyl halides is 3. The first-order chi connectivity index (χ1) is 10.9. The smallest absolute Gasteiger partial charge is 0.387 e. The summed E-state index contributed by atoms with van der Waals surface area (Å²) in [6.45, 7) is 0.603. The van der Waals surface area contributed by atoms with E-state index >= 15 is 0 Å². The summed E-state index contributed by atoms with van der Waals surface area (Å²) in [4.78, 5) is 11.7. The highest BCUT2D eigenvalue weighted by Crippen LogP contribution is 2.30. The SMILES string of the molecule is O=C(CCC1CCCO1)NCC(O)c1cccc(C(F)(F)F)c1. The zero-order chi connectivity index (χ0) is 16.9. The summed E-state index contributed by atoms with van der Waals surface area (Å²) >= 11 is 0. The largest absolute Gasteiger partial charge is 0.416 e. The summed E-state index contributed by atoms with van der Waals surface area (Å²) in [6.07, 6.45) is -2.69. The zero-order valence-corrected chi connectivity index (χ0v) is 12.6. The molecule has 1 saturated heterocycles. The summed E-state index contributed by atoms with van der Waals surface area (Å²) in [5.41, 5.74) is -0.696. The number of aliphatic hydroxyl groups excluding tert-OH is 1. The Hall–Kier alpha value is -1.60. The van der Waals surface area contributed by atoms with Crippen molar-refractivity contribution >= 4 is 5.91 Å². The summed E-state index contributed by atoms with van der Waals surface area (Å²) < 4.78 is 43.3. The van der Waals surface area contributed by atoms with Gasteiger partial charge in [-0.25, -0.2) is 0 Å². The molecule has 2 rings (SSSR count). The number of amides is 1. The van der Waals surface area contributed by atoms with E-state index in [2.05, 4.69) is 5.32 Å². The molecule has 1 aromatic carbocycles. The van der Waals surface area contributed by atoms with Gasteiger partial charge in [0.15, 0.2) is 0 Å². The van der Waals surface area contributed by atoms with Gasteiger partial charge in [-0.2, -0.15) is 13.2 Å². The lowest BCUT2D eigenvalue weighted by Gasteiger charge is -2.15. The molecule has 1 heterocycles. The van der Waals surface area contributed by atoms with Crippen LogP contribution in [0.4, 0.5) is 13.2 Å². The van der Waals surface area contributed by atoms with Crippen LogP contribution in [0.5, 0.6) is 0 Å². The highest BCUT2D eigenvalue weighted by Gasteiger charge is 2.30. The lowest BCUT2D eigenvalue weighted by Crippen LogP contribution is -2.29. The normalized spacial score (nSPS) is 19.6.